The van der Waals surface area contributed by atoms with Crippen molar-refractivity contribution in [2.24, 2.45) is 7.05 Å². The van der Waals surface area contributed by atoms with E-state index in [9.17, 15) is 5.11 Å². The number of phenolic OH excluding ortho intramolecular Hbond substituents is 1. The minimum Gasteiger partial charge on any atom is -0.508 e. The summed E-state index contributed by atoms with van der Waals surface area (Å²) in [6.45, 7) is 0.233. The number of rotatable bonds is 3. The van der Waals surface area contributed by atoms with Crippen molar-refractivity contribution in [3.63, 3.8) is 0 Å². The largest absolute Gasteiger partial charge is 0.508 e. The van der Waals surface area contributed by atoms with E-state index >= 15 is 0 Å². The Morgan fingerprint density at radius 1 is 1.47 bits per heavy atom. The fourth-order valence-electron chi connectivity index (χ4n) is 1.10. The van der Waals surface area contributed by atoms with E-state index < -0.39 is 0 Å². The van der Waals surface area contributed by atoms with Crippen LogP contribution in [0.4, 0.5) is 0 Å². The summed E-state index contributed by atoms with van der Waals surface area (Å²) < 4.78 is 5.35. The minimum atomic E-state index is 0.166. The van der Waals surface area contributed by atoms with E-state index in [1.165, 1.54) is 10.9 Å². The molecule has 1 N–H and O–H groups in total. The van der Waals surface area contributed by atoms with Crippen LogP contribution in [0.25, 0.3) is 0 Å². The number of aromatic nitrogens is 4. The second-order valence-electron chi connectivity index (χ2n) is 2.98. The van der Waals surface area contributed by atoms with Crippen LogP contribution in [0.2, 0.25) is 0 Å². The summed E-state index contributed by atoms with van der Waals surface area (Å²) in [5.41, 5.74) is 0. The lowest BCUT2D eigenvalue weighted by atomic mass is 10.3. The molecular weight excluding hydrogens is 196 g/mol. The smallest absolute Gasteiger partial charge is 0.212 e. The van der Waals surface area contributed by atoms with Gasteiger partial charge in [-0.1, -0.05) is 6.07 Å². The van der Waals surface area contributed by atoms with Crippen LogP contribution in [0.1, 0.15) is 5.82 Å². The summed E-state index contributed by atoms with van der Waals surface area (Å²) in [5, 5.41) is 20.6. The van der Waals surface area contributed by atoms with Gasteiger partial charge in [0, 0.05) is 6.07 Å². The van der Waals surface area contributed by atoms with Crippen molar-refractivity contribution in [2.45, 2.75) is 6.61 Å². The average Bonchev–Trinajstić information content (AvgIpc) is 2.62. The first kappa shape index (κ1) is 9.45. The molecule has 0 unspecified atom stereocenters. The van der Waals surface area contributed by atoms with E-state index in [4.69, 9.17) is 4.74 Å². The average molecular weight is 206 g/mol. The van der Waals surface area contributed by atoms with Gasteiger partial charge in [-0.2, -0.15) is 4.80 Å². The van der Waals surface area contributed by atoms with Gasteiger partial charge in [0.15, 0.2) is 6.61 Å². The SMILES string of the molecule is Cn1nnc(COc2cccc(O)c2)n1. The van der Waals surface area contributed by atoms with Crippen molar-refractivity contribution >= 4 is 0 Å². The first-order chi connectivity index (χ1) is 7.24. The highest BCUT2D eigenvalue weighted by Crippen LogP contribution is 2.18. The van der Waals surface area contributed by atoms with Gasteiger partial charge in [0.25, 0.3) is 0 Å². The van der Waals surface area contributed by atoms with Crippen molar-refractivity contribution in [1.29, 1.82) is 0 Å². The minimum absolute atomic E-state index is 0.166. The van der Waals surface area contributed by atoms with E-state index in [0.29, 0.717) is 11.6 Å². The Bertz CT molecular complexity index is 455. The molecule has 0 saturated heterocycles. The van der Waals surface area contributed by atoms with Crippen LogP contribution in [-0.4, -0.2) is 25.3 Å². The summed E-state index contributed by atoms with van der Waals surface area (Å²) in [7, 11) is 1.69. The highest BCUT2D eigenvalue weighted by atomic mass is 16.5. The molecule has 6 nitrogen and oxygen atoms in total. The number of phenols is 1. The first-order valence-corrected chi connectivity index (χ1v) is 4.39. The third-order valence-corrected chi connectivity index (χ3v) is 1.74. The summed E-state index contributed by atoms with van der Waals surface area (Å²) >= 11 is 0. The van der Waals surface area contributed by atoms with Crippen LogP contribution in [-0.2, 0) is 13.7 Å². The Kier molecular flexibility index (Phi) is 2.49. The Morgan fingerprint density at radius 2 is 2.33 bits per heavy atom. The molecule has 0 radical (unpaired) electrons. The molecule has 0 fully saturated rings. The van der Waals surface area contributed by atoms with Gasteiger partial charge in [0.05, 0.1) is 7.05 Å². The molecule has 1 aromatic heterocycles. The third-order valence-electron chi connectivity index (χ3n) is 1.74. The first-order valence-electron chi connectivity index (χ1n) is 4.39. The van der Waals surface area contributed by atoms with Gasteiger partial charge >= 0.3 is 0 Å². The molecule has 0 atom stereocenters. The van der Waals surface area contributed by atoms with E-state index in [1.54, 1.807) is 25.2 Å². The van der Waals surface area contributed by atoms with Gasteiger partial charge < -0.3 is 9.84 Å². The fourth-order valence-corrected chi connectivity index (χ4v) is 1.10. The van der Waals surface area contributed by atoms with E-state index in [0.717, 1.165) is 0 Å². The normalized spacial score (nSPS) is 10.2. The van der Waals surface area contributed by atoms with Crippen LogP contribution >= 0.6 is 0 Å². The number of hydrogen-bond acceptors (Lipinski definition) is 5. The van der Waals surface area contributed by atoms with Gasteiger partial charge in [0.1, 0.15) is 11.5 Å². The number of aromatic hydroxyl groups is 1. The predicted octanol–water partition coefficient (Wildman–Crippen LogP) is 0.495. The van der Waals surface area contributed by atoms with Crippen molar-refractivity contribution < 1.29 is 9.84 Å². The molecule has 1 aromatic carbocycles. The Balaban J connectivity index is 1.99. The lowest BCUT2D eigenvalue weighted by molar-refractivity contribution is 0.293. The molecule has 0 bridgehead atoms. The van der Waals surface area contributed by atoms with Crippen molar-refractivity contribution in [3.8, 4) is 11.5 Å². The summed E-state index contributed by atoms with van der Waals surface area (Å²) in [4.78, 5) is 1.36. The number of ether oxygens (including phenoxy) is 1. The molecule has 1 heterocycles. The van der Waals surface area contributed by atoms with Gasteiger partial charge in [-0.15, -0.1) is 10.2 Å². The Hall–Kier alpha value is -2.11. The molecule has 2 aromatic rings. The highest BCUT2D eigenvalue weighted by Gasteiger charge is 2.01. The second kappa shape index (κ2) is 3.95. The lowest BCUT2D eigenvalue weighted by Gasteiger charge is -2.02. The van der Waals surface area contributed by atoms with Gasteiger partial charge in [-0.25, -0.2) is 0 Å². The maximum atomic E-state index is 9.19. The van der Waals surface area contributed by atoms with Gasteiger partial charge in [0.2, 0.25) is 5.82 Å². The summed E-state index contributed by atoms with van der Waals surface area (Å²) in [6.07, 6.45) is 0. The van der Waals surface area contributed by atoms with Crippen LogP contribution < -0.4 is 4.74 Å². The lowest BCUT2D eigenvalue weighted by Crippen LogP contribution is -1.98. The van der Waals surface area contributed by atoms with E-state index in [2.05, 4.69) is 15.4 Å². The van der Waals surface area contributed by atoms with Crippen LogP contribution in [0.5, 0.6) is 11.5 Å². The zero-order valence-corrected chi connectivity index (χ0v) is 8.16. The fraction of sp³-hybridized carbons (Fsp3) is 0.222. The number of hydrogen-bond donors (Lipinski definition) is 1. The van der Waals surface area contributed by atoms with Crippen molar-refractivity contribution in [3.05, 3.63) is 30.1 Å². The molecule has 0 aliphatic heterocycles. The molecule has 0 aliphatic carbocycles. The van der Waals surface area contributed by atoms with Crippen LogP contribution in [0, 0.1) is 0 Å². The quantitative estimate of drug-likeness (QED) is 0.791. The molecular formula is C9H10N4O2. The van der Waals surface area contributed by atoms with Gasteiger partial charge in [-0.05, 0) is 17.3 Å². The standard InChI is InChI=1S/C9H10N4O2/c1-13-11-9(10-12-13)6-15-8-4-2-3-7(14)5-8/h2-5,14H,6H2,1H3. The van der Waals surface area contributed by atoms with Crippen LogP contribution in [0.15, 0.2) is 24.3 Å². The number of tetrazole rings is 1. The highest BCUT2D eigenvalue weighted by molar-refractivity contribution is 5.31. The molecule has 78 valence electrons. The maximum absolute atomic E-state index is 9.19. The van der Waals surface area contributed by atoms with Crippen molar-refractivity contribution in [1.82, 2.24) is 20.2 Å². The van der Waals surface area contributed by atoms with Crippen molar-refractivity contribution in [2.75, 3.05) is 0 Å². The topological polar surface area (TPSA) is 73.1 Å². The molecule has 2 rings (SSSR count). The second-order valence-corrected chi connectivity index (χ2v) is 2.98. The zero-order chi connectivity index (χ0) is 10.7. The zero-order valence-electron chi connectivity index (χ0n) is 8.16. The summed E-state index contributed by atoms with van der Waals surface area (Å²) in [6, 6.07) is 6.55. The maximum Gasteiger partial charge on any atom is 0.212 e. The number of benzene rings is 1. The Labute approximate surface area is 86.1 Å². The molecule has 15 heavy (non-hydrogen) atoms. The summed E-state index contributed by atoms with van der Waals surface area (Å²) in [5.74, 6) is 1.24. The molecule has 0 amide bonds. The predicted molar refractivity (Wildman–Crippen MR) is 51.2 cm³/mol. The van der Waals surface area contributed by atoms with E-state index in [1.807, 2.05) is 0 Å². The number of aryl methyl sites for hydroxylation is 1. The molecule has 0 saturated carbocycles. The monoisotopic (exact) mass is 206 g/mol. The number of nitrogens with zero attached hydrogens (tertiary/aromatic N) is 4. The molecule has 6 heteroatoms. The Morgan fingerprint density at radius 3 is 3.00 bits per heavy atom. The van der Waals surface area contributed by atoms with E-state index in [-0.39, 0.29) is 12.4 Å². The molecule has 0 spiro atoms. The molecule has 0 aliphatic rings. The van der Waals surface area contributed by atoms with Gasteiger partial charge in [-0.3, -0.25) is 0 Å². The third kappa shape index (κ3) is 2.43. The van der Waals surface area contributed by atoms with Crippen LogP contribution in [0.3, 0.4) is 0 Å².